The van der Waals surface area contributed by atoms with Crippen LogP contribution in [0.4, 0.5) is 5.69 Å². The molecule has 150 valence electrons. The van der Waals surface area contributed by atoms with Gasteiger partial charge in [-0.3, -0.25) is 4.79 Å². The van der Waals surface area contributed by atoms with Crippen LogP contribution in [0.5, 0.6) is 5.88 Å². The van der Waals surface area contributed by atoms with Crippen LogP contribution in [-0.2, 0) is 4.18 Å². The molecule has 1 saturated heterocycles. The number of hydrogen-bond donors (Lipinski definition) is 1. The molecule has 1 aliphatic heterocycles. The minimum absolute atomic E-state index is 0.142. The lowest BCUT2D eigenvalue weighted by molar-refractivity contribution is 0.0894. The van der Waals surface area contributed by atoms with Crippen LogP contribution < -0.4 is 15.0 Å². The molecule has 27 heavy (non-hydrogen) atoms. The smallest absolute Gasteiger partial charge is 0.270 e. The molecule has 6 nitrogen and oxygen atoms in total. The summed E-state index contributed by atoms with van der Waals surface area (Å²) in [6.45, 7) is 8.54. The monoisotopic (exact) mass is 393 g/mol. The summed E-state index contributed by atoms with van der Waals surface area (Å²) in [5.74, 6) is 1.05. The Labute approximate surface area is 166 Å². The molecule has 0 spiro atoms. The van der Waals surface area contributed by atoms with Gasteiger partial charge in [0.05, 0.1) is 6.61 Å². The highest BCUT2D eigenvalue weighted by molar-refractivity contribution is 7.93. The molecule has 7 heteroatoms. The molecule has 0 aromatic carbocycles. The topological polar surface area (TPSA) is 63.7 Å². The normalized spacial score (nSPS) is 17.6. The number of anilines is 1. The minimum atomic E-state index is -0.216. The van der Waals surface area contributed by atoms with Gasteiger partial charge in [0.15, 0.2) is 0 Å². The fraction of sp³-hybridized carbons (Fsp3) is 0.700. The molecule has 3 rings (SSSR count). The van der Waals surface area contributed by atoms with E-state index in [9.17, 15) is 4.79 Å². The Kier molecular flexibility index (Phi) is 6.52. The van der Waals surface area contributed by atoms with Crippen molar-refractivity contribution < 1.29 is 13.7 Å². The maximum absolute atomic E-state index is 12.7. The lowest BCUT2D eigenvalue weighted by atomic mass is 9.95. The van der Waals surface area contributed by atoms with Crippen molar-refractivity contribution >= 4 is 23.6 Å². The first-order valence-electron chi connectivity index (χ1n) is 9.88. The molecule has 2 fully saturated rings. The highest BCUT2D eigenvalue weighted by Gasteiger charge is 2.32. The molecule has 1 saturated carbocycles. The van der Waals surface area contributed by atoms with E-state index in [4.69, 9.17) is 8.92 Å². The van der Waals surface area contributed by atoms with Gasteiger partial charge >= 0.3 is 0 Å². The summed E-state index contributed by atoms with van der Waals surface area (Å²) in [6, 6.07) is 3.75. The largest absolute Gasteiger partial charge is 0.476 e. The van der Waals surface area contributed by atoms with Crippen LogP contribution in [0.25, 0.3) is 0 Å². The van der Waals surface area contributed by atoms with Crippen molar-refractivity contribution in [3.63, 3.8) is 0 Å². The second kappa shape index (κ2) is 8.69. The SMILES string of the molecule is CCC(C)(CC)NC(=O)c1ccc(N2CC(OSC)C2)c(OCC2CC2)n1. The van der Waals surface area contributed by atoms with Gasteiger partial charge in [-0.05, 0) is 62.7 Å². The quantitative estimate of drug-likeness (QED) is 0.612. The zero-order chi connectivity index (χ0) is 19.4. The van der Waals surface area contributed by atoms with E-state index in [1.54, 1.807) is 6.07 Å². The van der Waals surface area contributed by atoms with Crippen molar-refractivity contribution in [3.05, 3.63) is 17.8 Å². The number of hydrogen-bond acceptors (Lipinski definition) is 6. The molecule has 1 amide bonds. The number of carbonyl (C=O) groups excluding carboxylic acids is 1. The molecule has 1 aromatic heterocycles. The summed E-state index contributed by atoms with van der Waals surface area (Å²) in [5, 5.41) is 3.12. The van der Waals surface area contributed by atoms with E-state index in [0.717, 1.165) is 31.6 Å². The van der Waals surface area contributed by atoms with Crippen LogP contribution >= 0.6 is 12.0 Å². The number of ether oxygens (including phenoxy) is 1. The van der Waals surface area contributed by atoms with Crippen LogP contribution in [-0.4, -0.2) is 48.5 Å². The predicted molar refractivity (Wildman–Crippen MR) is 110 cm³/mol. The Morgan fingerprint density at radius 2 is 2.04 bits per heavy atom. The maximum atomic E-state index is 12.7. The molecular formula is C20H31N3O3S. The molecule has 1 aromatic rings. The Balaban J connectivity index is 1.74. The first-order valence-corrected chi connectivity index (χ1v) is 11.0. The molecule has 2 heterocycles. The molecule has 0 atom stereocenters. The molecular weight excluding hydrogens is 362 g/mol. The average Bonchev–Trinajstić information content (AvgIpc) is 3.47. The molecule has 1 N–H and O–H groups in total. The summed E-state index contributed by atoms with van der Waals surface area (Å²) < 4.78 is 11.6. The Bertz CT molecular complexity index is 656. The summed E-state index contributed by atoms with van der Waals surface area (Å²) in [5.41, 5.74) is 1.14. The molecule has 0 unspecified atom stereocenters. The van der Waals surface area contributed by atoms with E-state index in [2.05, 4.69) is 36.0 Å². The van der Waals surface area contributed by atoms with Gasteiger partial charge in [0.25, 0.3) is 5.91 Å². The second-order valence-electron chi connectivity index (χ2n) is 7.79. The van der Waals surface area contributed by atoms with Gasteiger partial charge in [-0.25, -0.2) is 4.98 Å². The van der Waals surface area contributed by atoms with Crippen molar-refractivity contribution in [1.82, 2.24) is 10.3 Å². The van der Waals surface area contributed by atoms with Crippen LogP contribution in [0, 0.1) is 5.92 Å². The number of nitrogens with one attached hydrogen (secondary N) is 1. The van der Waals surface area contributed by atoms with Crippen molar-refractivity contribution in [2.45, 2.75) is 58.1 Å². The Hall–Kier alpha value is -1.47. The van der Waals surface area contributed by atoms with Crippen molar-refractivity contribution in [2.24, 2.45) is 5.92 Å². The van der Waals surface area contributed by atoms with Gasteiger partial charge in [-0.2, -0.15) is 0 Å². The van der Waals surface area contributed by atoms with Gasteiger partial charge in [-0.1, -0.05) is 13.8 Å². The molecule has 1 aliphatic carbocycles. The molecule has 2 aliphatic rings. The third kappa shape index (κ3) is 5.08. The van der Waals surface area contributed by atoms with Gasteiger partial charge in [0.1, 0.15) is 17.5 Å². The van der Waals surface area contributed by atoms with Crippen molar-refractivity contribution in [2.75, 3.05) is 30.9 Å². The van der Waals surface area contributed by atoms with Crippen molar-refractivity contribution in [3.8, 4) is 5.88 Å². The van der Waals surface area contributed by atoms with Crippen LogP contribution in [0.2, 0.25) is 0 Å². The fourth-order valence-electron chi connectivity index (χ4n) is 2.98. The lowest BCUT2D eigenvalue weighted by Crippen LogP contribution is -2.51. The second-order valence-corrected chi connectivity index (χ2v) is 8.31. The zero-order valence-electron chi connectivity index (χ0n) is 16.8. The Morgan fingerprint density at radius 1 is 1.33 bits per heavy atom. The van der Waals surface area contributed by atoms with Gasteiger partial charge in [0.2, 0.25) is 5.88 Å². The zero-order valence-corrected chi connectivity index (χ0v) is 17.6. The highest BCUT2D eigenvalue weighted by Crippen LogP contribution is 2.35. The number of pyridine rings is 1. The molecule has 0 radical (unpaired) electrons. The number of aromatic nitrogens is 1. The number of rotatable bonds is 10. The Morgan fingerprint density at radius 3 is 2.63 bits per heavy atom. The van der Waals surface area contributed by atoms with E-state index in [0.29, 0.717) is 24.1 Å². The number of carbonyl (C=O) groups is 1. The third-order valence-corrected chi connectivity index (χ3v) is 6.09. The van der Waals surface area contributed by atoms with Crippen LogP contribution in [0.15, 0.2) is 12.1 Å². The van der Waals surface area contributed by atoms with Gasteiger partial charge in [0, 0.05) is 24.9 Å². The first-order chi connectivity index (χ1) is 13.0. The van der Waals surface area contributed by atoms with E-state index >= 15 is 0 Å². The van der Waals surface area contributed by atoms with E-state index < -0.39 is 0 Å². The standard InChI is InChI=1S/C20H31N3O3S/c1-5-20(3,6-2)22-18(24)16-9-10-17(23-11-15(12-23)26-27-4)19(21-16)25-13-14-7-8-14/h9-10,14-15H,5-8,11-13H2,1-4H3,(H,22,24). The first kappa shape index (κ1) is 20.3. The predicted octanol–water partition coefficient (Wildman–Crippen LogP) is 3.66. The summed E-state index contributed by atoms with van der Waals surface area (Å²) >= 11 is 1.40. The van der Waals surface area contributed by atoms with Crippen molar-refractivity contribution in [1.29, 1.82) is 0 Å². The van der Waals surface area contributed by atoms with Gasteiger partial charge in [-0.15, -0.1) is 0 Å². The van der Waals surface area contributed by atoms with Crippen LogP contribution in [0.3, 0.4) is 0 Å². The fourth-order valence-corrected chi connectivity index (χ4v) is 3.38. The van der Waals surface area contributed by atoms with E-state index in [1.165, 1.54) is 24.9 Å². The summed E-state index contributed by atoms with van der Waals surface area (Å²) in [4.78, 5) is 19.5. The number of amides is 1. The summed E-state index contributed by atoms with van der Waals surface area (Å²) in [6.07, 6.45) is 6.35. The maximum Gasteiger partial charge on any atom is 0.270 e. The van der Waals surface area contributed by atoms with E-state index in [-0.39, 0.29) is 17.6 Å². The summed E-state index contributed by atoms with van der Waals surface area (Å²) in [7, 11) is 0. The minimum Gasteiger partial charge on any atom is -0.476 e. The third-order valence-electron chi connectivity index (χ3n) is 5.62. The van der Waals surface area contributed by atoms with Gasteiger partial charge < -0.3 is 19.1 Å². The highest BCUT2D eigenvalue weighted by atomic mass is 32.2. The van der Waals surface area contributed by atoms with E-state index in [1.807, 2.05) is 12.3 Å². The molecule has 0 bridgehead atoms. The van der Waals surface area contributed by atoms with Crippen LogP contribution in [0.1, 0.15) is 56.9 Å². The number of nitrogens with zero attached hydrogens (tertiary/aromatic N) is 2. The lowest BCUT2D eigenvalue weighted by Gasteiger charge is -2.40. The average molecular weight is 394 g/mol.